The molecule has 2 aromatic heterocycles. The van der Waals surface area contributed by atoms with E-state index in [4.69, 9.17) is 0 Å². The summed E-state index contributed by atoms with van der Waals surface area (Å²) in [4.78, 5) is 32.3. The number of benzene rings is 3. The van der Waals surface area contributed by atoms with Gasteiger partial charge in [0.1, 0.15) is 11.5 Å². The second-order valence-corrected chi connectivity index (χ2v) is 9.39. The molecule has 0 aliphatic carbocycles. The number of amides is 3. The largest absolute Gasteiger partial charge is 0.348 e. The minimum absolute atomic E-state index is 0.0313. The number of fused-ring (bicyclic) bond motifs is 2. The Morgan fingerprint density at radius 3 is 2.63 bits per heavy atom. The van der Waals surface area contributed by atoms with Crippen molar-refractivity contribution in [2.75, 3.05) is 10.6 Å². The number of carbonyl (C=O) groups is 2. The van der Waals surface area contributed by atoms with Gasteiger partial charge in [0, 0.05) is 29.9 Å². The number of aromatic amines is 1. The molecule has 3 amide bonds. The van der Waals surface area contributed by atoms with Crippen molar-refractivity contribution in [3.8, 4) is 22.4 Å². The molecule has 10 heteroatoms. The number of H-pyrrole nitrogens is 1. The molecule has 6 rings (SSSR count). The van der Waals surface area contributed by atoms with Crippen LogP contribution in [0.15, 0.2) is 67.1 Å². The topological polar surface area (TPSA) is 117 Å². The molecule has 190 valence electrons. The number of aromatic nitrogens is 4. The third kappa shape index (κ3) is 4.15. The van der Waals surface area contributed by atoms with Crippen molar-refractivity contribution in [2.24, 2.45) is 0 Å². The molecule has 0 atom stereocenters. The third-order valence-corrected chi connectivity index (χ3v) is 6.58. The first kappa shape index (κ1) is 23.4. The number of anilines is 2. The van der Waals surface area contributed by atoms with E-state index < -0.39 is 11.8 Å². The van der Waals surface area contributed by atoms with Gasteiger partial charge in [0.15, 0.2) is 0 Å². The first-order valence-electron chi connectivity index (χ1n) is 12.2. The lowest BCUT2D eigenvalue weighted by Crippen LogP contribution is -2.20. The van der Waals surface area contributed by atoms with Crippen molar-refractivity contribution in [3.63, 3.8) is 0 Å². The number of nitrogens with one attached hydrogen (secondary N) is 4. The van der Waals surface area contributed by atoms with Crippen LogP contribution in [0.3, 0.4) is 0 Å². The second-order valence-electron chi connectivity index (χ2n) is 9.39. The summed E-state index contributed by atoms with van der Waals surface area (Å²) in [5.41, 5.74) is 6.38. The number of carbonyl (C=O) groups excluding carboxylic acids is 2. The van der Waals surface area contributed by atoms with E-state index in [1.807, 2.05) is 38.1 Å². The summed E-state index contributed by atoms with van der Waals surface area (Å²) in [5, 5.41) is 12.9. The van der Waals surface area contributed by atoms with Crippen LogP contribution in [0.1, 0.15) is 35.8 Å². The van der Waals surface area contributed by atoms with Gasteiger partial charge in [-0.3, -0.25) is 9.48 Å². The Morgan fingerprint density at radius 2 is 1.82 bits per heavy atom. The Morgan fingerprint density at radius 1 is 1.03 bits per heavy atom. The monoisotopic (exact) mass is 509 g/mol. The summed E-state index contributed by atoms with van der Waals surface area (Å²) in [6.07, 6.45) is 3.37. The number of nitrogens with zero attached hydrogens (tertiary/aromatic N) is 3. The van der Waals surface area contributed by atoms with Gasteiger partial charge in [-0.1, -0.05) is 24.3 Å². The zero-order chi connectivity index (χ0) is 26.4. The average Bonchev–Trinajstić information content (AvgIpc) is 3.63. The lowest BCUT2D eigenvalue weighted by atomic mass is 9.96. The molecule has 0 saturated heterocycles. The van der Waals surface area contributed by atoms with E-state index in [1.54, 1.807) is 35.4 Å². The van der Waals surface area contributed by atoms with E-state index in [0.29, 0.717) is 29.1 Å². The van der Waals surface area contributed by atoms with Crippen LogP contribution in [-0.4, -0.2) is 31.7 Å². The van der Waals surface area contributed by atoms with Gasteiger partial charge in [0.2, 0.25) is 0 Å². The summed E-state index contributed by atoms with van der Waals surface area (Å²) >= 11 is 0. The maximum atomic E-state index is 15.1. The van der Waals surface area contributed by atoms with Crippen LogP contribution in [-0.2, 0) is 6.54 Å². The molecule has 38 heavy (non-hydrogen) atoms. The van der Waals surface area contributed by atoms with Gasteiger partial charge >= 0.3 is 6.03 Å². The van der Waals surface area contributed by atoms with Gasteiger partial charge in [0.05, 0.1) is 28.7 Å². The predicted molar refractivity (Wildman–Crippen MR) is 143 cm³/mol. The fourth-order valence-electron chi connectivity index (χ4n) is 4.62. The second kappa shape index (κ2) is 9.15. The molecule has 1 aliphatic heterocycles. The van der Waals surface area contributed by atoms with Gasteiger partial charge in [-0.05, 0) is 60.9 Å². The molecule has 0 fully saturated rings. The van der Waals surface area contributed by atoms with E-state index in [-0.39, 0.29) is 17.6 Å². The number of urea groups is 1. The van der Waals surface area contributed by atoms with Crippen molar-refractivity contribution >= 4 is 34.3 Å². The number of hydrogen-bond donors (Lipinski definition) is 4. The minimum atomic E-state index is -0.600. The van der Waals surface area contributed by atoms with Gasteiger partial charge in [0.25, 0.3) is 5.91 Å². The first-order valence-corrected chi connectivity index (χ1v) is 12.2. The van der Waals surface area contributed by atoms with E-state index in [9.17, 15) is 9.59 Å². The van der Waals surface area contributed by atoms with Crippen molar-refractivity contribution in [3.05, 3.63) is 84.1 Å². The normalized spacial score (nSPS) is 12.6. The third-order valence-electron chi connectivity index (χ3n) is 6.58. The highest BCUT2D eigenvalue weighted by molar-refractivity contribution is 6.03. The molecule has 3 aromatic carbocycles. The van der Waals surface area contributed by atoms with Crippen LogP contribution in [0.5, 0.6) is 0 Å². The summed E-state index contributed by atoms with van der Waals surface area (Å²) < 4.78 is 16.8. The Bertz CT molecular complexity index is 1720. The highest BCUT2D eigenvalue weighted by atomic mass is 19.1. The van der Waals surface area contributed by atoms with Crippen LogP contribution in [0.4, 0.5) is 20.6 Å². The Balaban J connectivity index is 1.25. The summed E-state index contributed by atoms with van der Waals surface area (Å²) in [7, 11) is 0. The molecule has 0 unspecified atom stereocenters. The molecule has 0 bridgehead atoms. The molecule has 1 aliphatic rings. The molecular weight excluding hydrogens is 485 g/mol. The summed E-state index contributed by atoms with van der Waals surface area (Å²) in [6, 6.07) is 15.1. The molecule has 5 aromatic rings. The van der Waals surface area contributed by atoms with Crippen molar-refractivity contribution in [1.29, 1.82) is 0 Å². The predicted octanol–water partition coefficient (Wildman–Crippen LogP) is 5.70. The smallest absolute Gasteiger partial charge is 0.323 e. The summed E-state index contributed by atoms with van der Waals surface area (Å²) in [5.74, 6) is -0.726. The van der Waals surface area contributed by atoms with Crippen LogP contribution in [0, 0.1) is 5.82 Å². The Kier molecular flexibility index (Phi) is 5.64. The van der Waals surface area contributed by atoms with Crippen LogP contribution in [0.2, 0.25) is 0 Å². The van der Waals surface area contributed by atoms with Crippen LogP contribution in [0.25, 0.3) is 33.4 Å². The van der Waals surface area contributed by atoms with Crippen LogP contribution >= 0.6 is 0 Å². The molecule has 0 spiro atoms. The fraction of sp³-hybridized carbons (Fsp3) is 0.143. The summed E-state index contributed by atoms with van der Waals surface area (Å²) in [6.45, 7) is 4.37. The standard InChI is InChI=1S/C28H24FN7O2/c1-15(2)36-13-25(26(35-36)17-7-9-23-24(11-17)32-14-31-23)34-28(38)33-22-8-6-16(10-21(22)29)18-4-3-5-19-20(18)12-30-27(19)37/h3-11,13-15H,12H2,1-2H3,(H,30,37)(H,31,32)(H2,33,34,38). The minimum Gasteiger partial charge on any atom is -0.348 e. The molecule has 4 N–H and O–H groups in total. The molecular formula is C28H24FN7O2. The number of halogens is 1. The van der Waals surface area contributed by atoms with Gasteiger partial charge in [-0.2, -0.15) is 5.10 Å². The lowest BCUT2D eigenvalue weighted by molar-refractivity contribution is 0.0965. The SMILES string of the molecule is CC(C)n1cc(NC(=O)Nc2ccc(-c3cccc4c3CNC4=O)cc2F)c(-c2ccc3[nH]cnc3c2)n1. The van der Waals surface area contributed by atoms with Gasteiger partial charge in [-0.15, -0.1) is 0 Å². The zero-order valence-electron chi connectivity index (χ0n) is 20.7. The Hall–Kier alpha value is -4.99. The van der Waals surface area contributed by atoms with Crippen molar-refractivity contribution < 1.29 is 14.0 Å². The van der Waals surface area contributed by atoms with Crippen molar-refractivity contribution in [1.82, 2.24) is 25.1 Å². The number of imidazole rings is 1. The van der Waals surface area contributed by atoms with E-state index in [2.05, 4.69) is 31.0 Å². The maximum Gasteiger partial charge on any atom is 0.323 e. The van der Waals surface area contributed by atoms with Crippen molar-refractivity contribution in [2.45, 2.75) is 26.4 Å². The zero-order valence-corrected chi connectivity index (χ0v) is 20.7. The Labute approximate surface area is 217 Å². The highest BCUT2D eigenvalue weighted by Crippen LogP contribution is 2.32. The molecule has 0 saturated carbocycles. The van der Waals surface area contributed by atoms with Crippen LogP contribution < -0.4 is 16.0 Å². The first-order chi connectivity index (χ1) is 18.4. The quantitative estimate of drug-likeness (QED) is 0.243. The van der Waals surface area contributed by atoms with E-state index in [0.717, 1.165) is 27.7 Å². The average molecular weight is 510 g/mol. The maximum absolute atomic E-state index is 15.1. The molecule has 3 heterocycles. The van der Waals surface area contributed by atoms with Gasteiger partial charge < -0.3 is 20.9 Å². The molecule has 9 nitrogen and oxygen atoms in total. The molecule has 0 radical (unpaired) electrons. The van der Waals surface area contributed by atoms with E-state index in [1.165, 1.54) is 12.1 Å². The highest BCUT2D eigenvalue weighted by Gasteiger charge is 2.22. The lowest BCUT2D eigenvalue weighted by Gasteiger charge is -2.11. The van der Waals surface area contributed by atoms with Gasteiger partial charge in [-0.25, -0.2) is 14.2 Å². The fourth-order valence-corrected chi connectivity index (χ4v) is 4.62. The number of rotatable bonds is 5. The number of hydrogen-bond acceptors (Lipinski definition) is 4. The van der Waals surface area contributed by atoms with E-state index >= 15 is 4.39 Å².